The van der Waals surface area contributed by atoms with Crippen LogP contribution in [0.2, 0.25) is 10.0 Å². The average Bonchev–Trinajstić information content (AvgIpc) is 2.87. The Hall–Kier alpha value is -3.50. The molecule has 0 saturated carbocycles. The summed E-state index contributed by atoms with van der Waals surface area (Å²) < 4.78 is 5.20. The van der Waals surface area contributed by atoms with E-state index in [0.29, 0.717) is 48.9 Å². The highest BCUT2D eigenvalue weighted by molar-refractivity contribution is 8.00. The van der Waals surface area contributed by atoms with E-state index in [1.807, 2.05) is 36.4 Å². The number of pyridine rings is 1. The zero-order chi connectivity index (χ0) is 24.8. The predicted molar refractivity (Wildman–Crippen MR) is 142 cm³/mol. The minimum Gasteiger partial charge on any atom is -0.497 e. The summed E-state index contributed by atoms with van der Waals surface area (Å²) in [5.41, 5.74) is 3.81. The van der Waals surface area contributed by atoms with E-state index in [-0.39, 0.29) is 11.7 Å². The molecular formula is C27H19Cl2N3O2S. The van der Waals surface area contributed by atoms with Crippen LogP contribution in [0.4, 0.5) is 5.69 Å². The van der Waals surface area contributed by atoms with Crippen LogP contribution in [-0.2, 0) is 4.79 Å². The highest BCUT2D eigenvalue weighted by Crippen LogP contribution is 2.37. The second kappa shape index (κ2) is 11.3. The number of nitriles is 1. The van der Waals surface area contributed by atoms with Gasteiger partial charge in [-0.3, -0.25) is 4.79 Å². The number of hydrogen-bond acceptors (Lipinski definition) is 5. The van der Waals surface area contributed by atoms with E-state index in [4.69, 9.17) is 32.9 Å². The third-order valence-corrected chi connectivity index (χ3v) is 6.65. The summed E-state index contributed by atoms with van der Waals surface area (Å²) in [4.78, 5) is 17.4. The summed E-state index contributed by atoms with van der Waals surface area (Å²) >= 11 is 13.7. The number of carbonyl (C=O) groups excluding carboxylic acids is 1. The van der Waals surface area contributed by atoms with Crippen LogP contribution >= 0.6 is 35.0 Å². The lowest BCUT2D eigenvalue weighted by Gasteiger charge is -2.14. The quantitative estimate of drug-likeness (QED) is 0.258. The number of benzene rings is 3. The largest absolute Gasteiger partial charge is 0.497 e. The van der Waals surface area contributed by atoms with Crippen molar-refractivity contribution in [3.63, 3.8) is 0 Å². The number of aromatic nitrogens is 1. The average molecular weight is 520 g/mol. The van der Waals surface area contributed by atoms with Crippen molar-refractivity contribution in [3.8, 4) is 34.2 Å². The monoisotopic (exact) mass is 519 g/mol. The van der Waals surface area contributed by atoms with Gasteiger partial charge in [0.05, 0.1) is 24.1 Å². The topological polar surface area (TPSA) is 75.0 Å². The first-order valence-corrected chi connectivity index (χ1v) is 12.3. The van der Waals surface area contributed by atoms with Gasteiger partial charge in [0.2, 0.25) is 5.91 Å². The Morgan fingerprint density at radius 3 is 2.51 bits per heavy atom. The van der Waals surface area contributed by atoms with Crippen molar-refractivity contribution >= 4 is 46.6 Å². The molecule has 0 aliphatic carbocycles. The number of methoxy groups -OCH3 is 1. The number of ether oxygens (including phenoxy) is 1. The number of nitrogens with one attached hydrogen (secondary N) is 1. The molecule has 4 aromatic rings. The molecule has 174 valence electrons. The third-order valence-electron chi connectivity index (χ3n) is 5.10. The summed E-state index contributed by atoms with van der Waals surface area (Å²) in [6, 6.07) is 25.8. The van der Waals surface area contributed by atoms with Crippen molar-refractivity contribution in [1.29, 1.82) is 5.26 Å². The van der Waals surface area contributed by atoms with Crippen molar-refractivity contribution in [3.05, 3.63) is 94.5 Å². The van der Waals surface area contributed by atoms with Crippen molar-refractivity contribution < 1.29 is 9.53 Å². The molecule has 8 heteroatoms. The van der Waals surface area contributed by atoms with Crippen LogP contribution in [0, 0.1) is 11.3 Å². The third kappa shape index (κ3) is 5.95. The maximum absolute atomic E-state index is 12.7. The molecule has 0 saturated heterocycles. The Morgan fingerprint density at radius 1 is 1.03 bits per heavy atom. The molecule has 0 radical (unpaired) electrons. The summed E-state index contributed by atoms with van der Waals surface area (Å²) in [6.45, 7) is 0. The van der Waals surface area contributed by atoms with E-state index in [1.165, 1.54) is 11.8 Å². The maximum atomic E-state index is 12.7. The fraction of sp³-hybridized carbons (Fsp3) is 0.0741. The molecule has 0 fully saturated rings. The number of amides is 1. The van der Waals surface area contributed by atoms with Gasteiger partial charge in [0.15, 0.2) is 0 Å². The Kier molecular flexibility index (Phi) is 7.94. The number of halogens is 2. The van der Waals surface area contributed by atoms with Gasteiger partial charge in [-0.2, -0.15) is 5.26 Å². The lowest BCUT2D eigenvalue weighted by molar-refractivity contribution is -0.113. The summed E-state index contributed by atoms with van der Waals surface area (Å²) in [5.74, 6) is 0.472. The van der Waals surface area contributed by atoms with Crippen LogP contribution < -0.4 is 10.1 Å². The van der Waals surface area contributed by atoms with Gasteiger partial charge in [-0.25, -0.2) is 4.98 Å². The molecule has 0 bridgehead atoms. The minimum absolute atomic E-state index is 0.0604. The Morgan fingerprint density at radius 2 is 1.80 bits per heavy atom. The van der Waals surface area contributed by atoms with Gasteiger partial charge in [0.1, 0.15) is 16.8 Å². The zero-order valence-electron chi connectivity index (χ0n) is 18.6. The fourth-order valence-corrected chi connectivity index (χ4v) is 4.59. The van der Waals surface area contributed by atoms with Gasteiger partial charge in [0, 0.05) is 38.5 Å². The SMILES string of the molecule is COc1cccc(NC(=O)CSc2nc(-c3ccc(Cl)cc3)cc(-c3ccccc3Cl)c2C#N)c1. The second-order valence-corrected chi connectivity index (χ2v) is 9.21. The van der Waals surface area contributed by atoms with Crippen LogP contribution in [0.25, 0.3) is 22.4 Å². The molecule has 35 heavy (non-hydrogen) atoms. The van der Waals surface area contributed by atoms with Gasteiger partial charge < -0.3 is 10.1 Å². The number of carbonyl (C=O) groups is 1. The normalized spacial score (nSPS) is 10.5. The van der Waals surface area contributed by atoms with Crippen molar-refractivity contribution in [1.82, 2.24) is 4.98 Å². The molecule has 0 atom stereocenters. The van der Waals surface area contributed by atoms with Crippen molar-refractivity contribution in [2.24, 2.45) is 0 Å². The number of nitrogens with zero attached hydrogens (tertiary/aromatic N) is 2. The maximum Gasteiger partial charge on any atom is 0.234 e. The molecule has 3 aromatic carbocycles. The Bertz CT molecular complexity index is 1420. The van der Waals surface area contributed by atoms with E-state index in [2.05, 4.69) is 11.4 Å². The molecule has 0 aliphatic rings. The molecule has 1 heterocycles. The van der Waals surface area contributed by atoms with Crippen LogP contribution in [-0.4, -0.2) is 23.8 Å². The predicted octanol–water partition coefficient (Wildman–Crippen LogP) is 7.33. The van der Waals surface area contributed by atoms with Crippen LogP contribution in [0.5, 0.6) is 5.75 Å². The number of hydrogen-bond donors (Lipinski definition) is 1. The zero-order valence-corrected chi connectivity index (χ0v) is 20.9. The van der Waals surface area contributed by atoms with Crippen molar-refractivity contribution in [2.45, 2.75) is 5.03 Å². The highest BCUT2D eigenvalue weighted by atomic mass is 35.5. The molecule has 0 spiro atoms. The first kappa shape index (κ1) is 24.6. The smallest absolute Gasteiger partial charge is 0.234 e. The molecular weight excluding hydrogens is 501 g/mol. The first-order chi connectivity index (χ1) is 17.0. The Balaban J connectivity index is 1.69. The molecule has 1 aromatic heterocycles. The highest BCUT2D eigenvalue weighted by Gasteiger charge is 2.18. The number of anilines is 1. The van der Waals surface area contributed by atoms with E-state index in [1.54, 1.807) is 49.6 Å². The first-order valence-electron chi connectivity index (χ1n) is 10.5. The van der Waals surface area contributed by atoms with Gasteiger partial charge in [0.25, 0.3) is 0 Å². The summed E-state index contributed by atoms with van der Waals surface area (Å²) in [5, 5.41) is 14.4. The van der Waals surface area contributed by atoms with Gasteiger partial charge >= 0.3 is 0 Å². The van der Waals surface area contributed by atoms with E-state index >= 15 is 0 Å². The number of thioether (sulfide) groups is 1. The van der Waals surface area contributed by atoms with E-state index in [9.17, 15) is 10.1 Å². The molecule has 1 amide bonds. The fourth-order valence-electron chi connectivity index (χ4n) is 3.43. The van der Waals surface area contributed by atoms with E-state index in [0.717, 1.165) is 5.56 Å². The molecule has 0 unspecified atom stereocenters. The Labute approximate surface area is 217 Å². The van der Waals surface area contributed by atoms with Crippen LogP contribution in [0.1, 0.15) is 5.56 Å². The van der Waals surface area contributed by atoms with Gasteiger partial charge in [-0.15, -0.1) is 0 Å². The molecule has 0 aliphatic heterocycles. The summed E-state index contributed by atoms with van der Waals surface area (Å²) in [7, 11) is 1.57. The standard InChI is InChI=1S/C27H19Cl2N3O2S/c1-34-20-6-4-5-19(13-20)31-26(33)16-35-27-23(15-30)22(21-7-2-3-8-24(21)29)14-25(32-27)17-9-11-18(28)12-10-17/h2-14H,16H2,1H3,(H,31,33). The molecule has 4 rings (SSSR count). The van der Waals surface area contributed by atoms with Crippen LogP contribution in [0.15, 0.2) is 83.9 Å². The van der Waals surface area contributed by atoms with Gasteiger partial charge in [-0.05, 0) is 36.4 Å². The second-order valence-electron chi connectivity index (χ2n) is 7.40. The van der Waals surface area contributed by atoms with Gasteiger partial charge in [-0.1, -0.05) is 71.4 Å². The van der Waals surface area contributed by atoms with E-state index < -0.39 is 0 Å². The van der Waals surface area contributed by atoms with Crippen LogP contribution in [0.3, 0.4) is 0 Å². The minimum atomic E-state index is -0.231. The van der Waals surface area contributed by atoms with Crippen molar-refractivity contribution in [2.75, 3.05) is 18.2 Å². The number of rotatable bonds is 7. The molecule has 5 nitrogen and oxygen atoms in total. The lowest BCUT2D eigenvalue weighted by atomic mass is 9.99. The lowest BCUT2D eigenvalue weighted by Crippen LogP contribution is -2.14. The summed E-state index contributed by atoms with van der Waals surface area (Å²) in [6.07, 6.45) is 0. The molecule has 1 N–H and O–H groups in total.